The van der Waals surface area contributed by atoms with Crippen LogP contribution in [0, 0.1) is 0 Å². The number of hydrogen-bond acceptors (Lipinski definition) is 3. The van der Waals surface area contributed by atoms with Crippen LogP contribution in [0.5, 0.6) is 0 Å². The highest BCUT2D eigenvalue weighted by molar-refractivity contribution is 5.80. The third kappa shape index (κ3) is 3.32. The maximum absolute atomic E-state index is 11.1. The molecule has 3 atom stereocenters. The zero-order valence-electron chi connectivity index (χ0n) is 7.86. The molecule has 0 aromatic rings. The lowest BCUT2D eigenvalue weighted by molar-refractivity contribution is -0.129. The minimum absolute atomic E-state index is 0.0332. The lowest BCUT2D eigenvalue weighted by Gasteiger charge is -2.26. The van der Waals surface area contributed by atoms with Crippen LogP contribution in [0.1, 0.15) is 32.6 Å². The molecular formula is C9H17NO3. The van der Waals surface area contributed by atoms with Crippen molar-refractivity contribution in [2.45, 2.75) is 50.9 Å². The molecule has 0 aromatic heterocycles. The Kier molecular flexibility index (Phi) is 3.69. The van der Waals surface area contributed by atoms with Crippen LogP contribution >= 0.6 is 0 Å². The topological polar surface area (TPSA) is 69.6 Å². The van der Waals surface area contributed by atoms with Gasteiger partial charge in [-0.2, -0.15) is 0 Å². The van der Waals surface area contributed by atoms with Gasteiger partial charge in [-0.05, 0) is 32.6 Å². The van der Waals surface area contributed by atoms with Crippen molar-refractivity contribution in [1.82, 2.24) is 5.32 Å². The Morgan fingerprint density at radius 2 is 2.23 bits per heavy atom. The molecule has 13 heavy (non-hydrogen) atoms. The molecular weight excluding hydrogens is 170 g/mol. The first-order valence-corrected chi connectivity index (χ1v) is 4.76. The highest BCUT2D eigenvalue weighted by atomic mass is 16.3. The van der Waals surface area contributed by atoms with E-state index in [9.17, 15) is 9.90 Å². The number of aliphatic hydroxyl groups excluding tert-OH is 2. The Hall–Kier alpha value is -0.610. The van der Waals surface area contributed by atoms with Gasteiger partial charge in [-0.3, -0.25) is 4.79 Å². The Labute approximate surface area is 78.0 Å². The first-order valence-electron chi connectivity index (χ1n) is 4.76. The van der Waals surface area contributed by atoms with E-state index in [2.05, 4.69) is 5.32 Å². The third-order valence-electron chi connectivity index (χ3n) is 2.37. The summed E-state index contributed by atoms with van der Waals surface area (Å²) in [5.74, 6) is -0.348. The summed E-state index contributed by atoms with van der Waals surface area (Å²) in [5, 5.41) is 21.0. The maximum atomic E-state index is 11.1. The fourth-order valence-electron chi connectivity index (χ4n) is 1.62. The van der Waals surface area contributed by atoms with Crippen molar-refractivity contribution >= 4 is 5.91 Å². The number of amides is 1. The lowest BCUT2D eigenvalue weighted by Crippen LogP contribution is -2.43. The summed E-state index contributed by atoms with van der Waals surface area (Å²) in [7, 11) is 0. The van der Waals surface area contributed by atoms with Crippen molar-refractivity contribution < 1.29 is 15.0 Å². The monoisotopic (exact) mass is 187 g/mol. The predicted molar refractivity (Wildman–Crippen MR) is 48.1 cm³/mol. The van der Waals surface area contributed by atoms with Crippen LogP contribution in [0.15, 0.2) is 0 Å². The highest BCUT2D eigenvalue weighted by Gasteiger charge is 2.22. The molecule has 2 unspecified atom stereocenters. The SMILES string of the molecule is C[C@H](O)C(=O)NC1CCCC(O)C1. The largest absolute Gasteiger partial charge is 0.393 e. The van der Waals surface area contributed by atoms with E-state index in [0.29, 0.717) is 6.42 Å². The molecule has 4 nitrogen and oxygen atoms in total. The van der Waals surface area contributed by atoms with Crippen LogP contribution in [-0.4, -0.2) is 34.4 Å². The zero-order valence-corrected chi connectivity index (χ0v) is 7.86. The van der Waals surface area contributed by atoms with E-state index < -0.39 is 6.10 Å². The van der Waals surface area contributed by atoms with E-state index in [1.54, 1.807) is 0 Å². The number of nitrogens with one attached hydrogen (secondary N) is 1. The molecule has 0 bridgehead atoms. The van der Waals surface area contributed by atoms with E-state index in [1.165, 1.54) is 6.92 Å². The van der Waals surface area contributed by atoms with E-state index in [0.717, 1.165) is 19.3 Å². The van der Waals surface area contributed by atoms with Gasteiger partial charge in [0.15, 0.2) is 0 Å². The van der Waals surface area contributed by atoms with Crippen molar-refractivity contribution in [2.75, 3.05) is 0 Å². The van der Waals surface area contributed by atoms with Gasteiger partial charge in [-0.1, -0.05) is 0 Å². The molecule has 76 valence electrons. The van der Waals surface area contributed by atoms with Crippen LogP contribution in [0.4, 0.5) is 0 Å². The maximum Gasteiger partial charge on any atom is 0.248 e. The van der Waals surface area contributed by atoms with Gasteiger partial charge in [0.1, 0.15) is 6.10 Å². The predicted octanol–water partition coefficient (Wildman–Crippen LogP) is -0.213. The van der Waals surface area contributed by atoms with E-state index >= 15 is 0 Å². The van der Waals surface area contributed by atoms with Crippen molar-refractivity contribution in [3.8, 4) is 0 Å². The summed E-state index contributed by atoms with van der Waals surface area (Å²) in [6, 6.07) is 0.0332. The van der Waals surface area contributed by atoms with Gasteiger partial charge < -0.3 is 15.5 Å². The molecule has 1 aliphatic rings. The molecule has 1 rings (SSSR count). The van der Waals surface area contributed by atoms with Crippen molar-refractivity contribution in [3.63, 3.8) is 0 Å². The molecule has 4 heteroatoms. The van der Waals surface area contributed by atoms with Gasteiger partial charge in [0, 0.05) is 6.04 Å². The minimum atomic E-state index is -0.959. The summed E-state index contributed by atoms with van der Waals surface area (Å²) in [4.78, 5) is 11.1. The number of carbonyl (C=O) groups is 1. The molecule has 1 aliphatic carbocycles. The Bertz CT molecular complexity index is 182. The van der Waals surface area contributed by atoms with Crippen LogP contribution in [0.3, 0.4) is 0 Å². The molecule has 0 spiro atoms. The summed E-state index contributed by atoms with van der Waals surface area (Å²) >= 11 is 0. The third-order valence-corrected chi connectivity index (χ3v) is 2.37. The van der Waals surface area contributed by atoms with Gasteiger partial charge in [0.05, 0.1) is 6.10 Å². The fraction of sp³-hybridized carbons (Fsp3) is 0.889. The second-order valence-corrected chi connectivity index (χ2v) is 3.70. The summed E-state index contributed by atoms with van der Waals surface area (Å²) in [5.41, 5.74) is 0. The molecule has 0 aromatic carbocycles. The second-order valence-electron chi connectivity index (χ2n) is 3.70. The van der Waals surface area contributed by atoms with Gasteiger partial charge in [0.25, 0.3) is 0 Å². The van der Waals surface area contributed by atoms with Crippen molar-refractivity contribution in [2.24, 2.45) is 0 Å². The number of carbonyl (C=O) groups excluding carboxylic acids is 1. The van der Waals surface area contributed by atoms with Crippen LogP contribution in [-0.2, 0) is 4.79 Å². The van der Waals surface area contributed by atoms with E-state index in [1.807, 2.05) is 0 Å². The standard InChI is InChI=1S/C9H17NO3/c1-6(11)9(13)10-7-3-2-4-8(12)5-7/h6-8,11-12H,2-5H2,1H3,(H,10,13)/t6-,7?,8?/m0/s1. The van der Waals surface area contributed by atoms with E-state index in [-0.39, 0.29) is 18.1 Å². The second kappa shape index (κ2) is 4.58. The van der Waals surface area contributed by atoms with Gasteiger partial charge >= 0.3 is 0 Å². The average Bonchev–Trinajstić information content (AvgIpc) is 2.04. The number of hydrogen-bond donors (Lipinski definition) is 3. The van der Waals surface area contributed by atoms with Crippen molar-refractivity contribution in [3.05, 3.63) is 0 Å². The highest BCUT2D eigenvalue weighted by Crippen LogP contribution is 2.18. The zero-order chi connectivity index (χ0) is 9.84. The first-order chi connectivity index (χ1) is 6.09. The molecule has 0 radical (unpaired) electrons. The molecule has 0 aliphatic heterocycles. The van der Waals surface area contributed by atoms with Crippen LogP contribution in [0.2, 0.25) is 0 Å². The lowest BCUT2D eigenvalue weighted by atomic mass is 9.93. The Balaban J connectivity index is 2.31. The van der Waals surface area contributed by atoms with Crippen molar-refractivity contribution in [1.29, 1.82) is 0 Å². The summed E-state index contributed by atoms with van der Waals surface area (Å²) in [6.07, 6.45) is 2.01. The van der Waals surface area contributed by atoms with Gasteiger partial charge in [0.2, 0.25) is 5.91 Å². The molecule has 0 heterocycles. The Morgan fingerprint density at radius 1 is 1.54 bits per heavy atom. The van der Waals surface area contributed by atoms with Gasteiger partial charge in [-0.15, -0.1) is 0 Å². The number of rotatable bonds is 2. The molecule has 1 amide bonds. The molecule has 0 saturated heterocycles. The fourth-order valence-corrected chi connectivity index (χ4v) is 1.62. The Morgan fingerprint density at radius 3 is 2.77 bits per heavy atom. The summed E-state index contributed by atoms with van der Waals surface area (Å²) < 4.78 is 0. The number of aliphatic hydroxyl groups is 2. The van der Waals surface area contributed by atoms with Gasteiger partial charge in [-0.25, -0.2) is 0 Å². The van der Waals surface area contributed by atoms with Crippen LogP contribution < -0.4 is 5.32 Å². The minimum Gasteiger partial charge on any atom is -0.393 e. The normalized spacial score (nSPS) is 31.0. The molecule has 3 N–H and O–H groups in total. The smallest absolute Gasteiger partial charge is 0.248 e. The quantitative estimate of drug-likeness (QED) is 0.560. The summed E-state index contributed by atoms with van der Waals surface area (Å²) in [6.45, 7) is 1.44. The first kappa shape index (κ1) is 10.5. The van der Waals surface area contributed by atoms with E-state index in [4.69, 9.17) is 5.11 Å². The average molecular weight is 187 g/mol. The molecule has 1 saturated carbocycles. The van der Waals surface area contributed by atoms with Crippen LogP contribution in [0.25, 0.3) is 0 Å². The molecule has 1 fully saturated rings.